The van der Waals surface area contributed by atoms with Gasteiger partial charge in [-0.3, -0.25) is 5.32 Å². The van der Waals surface area contributed by atoms with Gasteiger partial charge < -0.3 is 0 Å². The standard InChI is InChI=1S/C33H32N2O2/c36-32-25-34-33(37)35(32,23-21-30(26-13-5-1-6-14-26)27-15-7-2-8-16-27)24-22-31(28-17-9-3-10-18-28)29-19-11-4-12-20-29/h1-20,30-31H,21-25H2/p+1. The Kier molecular flexibility index (Phi) is 7.57. The molecule has 1 aliphatic rings. The maximum Gasteiger partial charge on any atom is 0.424 e. The largest absolute Gasteiger partial charge is 0.424 e. The van der Waals surface area contributed by atoms with Crippen LogP contribution in [0, 0.1) is 0 Å². The lowest BCUT2D eigenvalue weighted by Gasteiger charge is -2.31. The Hall–Kier alpha value is -4.02. The van der Waals surface area contributed by atoms with Gasteiger partial charge in [-0.05, 0) is 22.3 Å². The van der Waals surface area contributed by atoms with E-state index in [4.69, 9.17) is 0 Å². The van der Waals surface area contributed by atoms with E-state index in [1.54, 1.807) is 0 Å². The van der Waals surface area contributed by atoms with Crippen LogP contribution in [0.4, 0.5) is 4.79 Å². The van der Waals surface area contributed by atoms with E-state index in [2.05, 4.69) is 53.8 Å². The summed E-state index contributed by atoms with van der Waals surface area (Å²) < 4.78 is -0.146. The molecule has 0 bridgehead atoms. The molecule has 1 saturated heterocycles. The molecule has 4 heteroatoms. The highest BCUT2D eigenvalue weighted by atomic mass is 16.2. The zero-order valence-corrected chi connectivity index (χ0v) is 21.0. The molecule has 5 rings (SSSR count). The first kappa shape index (κ1) is 24.7. The Morgan fingerprint density at radius 2 is 0.865 bits per heavy atom. The maximum absolute atomic E-state index is 13.4. The normalized spacial score (nSPS) is 14.8. The molecular weight excluding hydrogens is 456 g/mol. The Bertz CT molecular complexity index is 1120. The minimum absolute atomic E-state index is 0.0373. The Labute approximate surface area is 219 Å². The molecule has 186 valence electrons. The smallest absolute Gasteiger partial charge is 0.292 e. The van der Waals surface area contributed by atoms with Gasteiger partial charge in [0.1, 0.15) is 6.54 Å². The molecule has 0 atom stereocenters. The molecular formula is C33H33N2O2+. The van der Waals surface area contributed by atoms with Gasteiger partial charge in [0, 0.05) is 24.7 Å². The second kappa shape index (κ2) is 11.4. The molecule has 0 radical (unpaired) electrons. The van der Waals surface area contributed by atoms with Crippen LogP contribution in [-0.2, 0) is 4.79 Å². The SMILES string of the molecule is O=C1CNC(=O)[N+]1(CCC(c1ccccc1)c1ccccc1)CCC(c1ccccc1)c1ccccc1. The van der Waals surface area contributed by atoms with E-state index in [1.165, 1.54) is 22.3 Å². The van der Waals surface area contributed by atoms with Crippen molar-refractivity contribution in [2.24, 2.45) is 0 Å². The van der Waals surface area contributed by atoms with Gasteiger partial charge in [0.2, 0.25) is 0 Å². The topological polar surface area (TPSA) is 46.2 Å². The quantitative estimate of drug-likeness (QED) is 0.204. The molecule has 4 aromatic rings. The van der Waals surface area contributed by atoms with Crippen molar-refractivity contribution >= 4 is 11.9 Å². The van der Waals surface area contributed by atoms with Gasteiger partial charge >= 0.3 is 11.9 Å². The number of hydrogen-bond acceptors (Lipinski definition) is 2. The summed E-state index contributed by atoms with van der Waals surface area (Å²) in [4.78, 5) is 26.7. The van der Waals surface area contributed by atoms with Gasteiger partial charge in [-0.1, -0.05) is 121 Å². The first-order chi connectivity index (χ1) is 18.2. The van der Waals surface area contributed by atoms with Gasteiger partial charge in [0.05, 0.1) is 13.1 Å². The monoisotopic (exact) mass is 489 g/mol. The van der Waals surface area contributed by atoms with E-state index in [9.17, 15) is 9.59 Å². The molecule has 0 aromatic heterocycles. The van der Waals surface area contributed by atoms with E-state index in [0.717, 1.165) is 0 Å². The highest BCUT2D eigenvalue weighted by Gasteiger charge is 2.50. The lowest BCUT2D eigenvalue weighted by Crippen LogP contribution is -2.55. The van der Waals surface area contributed by atoms with Crippen LogP contribution in [0.25, 0.3) is 0 Å². The lowest BCUT2D eigenvalue weighted by molar-refractivity contribution is -0.768. The van der Waals surface area contributed by atoms with E-state index < -0.39 is 0 Å². The average molecular weight is 490 g/mol. The number of nitrogens with one attached hydrogen (secondary N) is 1. The molecule has 4 nitrogen and oxygen atoms in total. The van der Waals surface area contributed by atoms with Crippen LogP contribution in [0.1, 0.15) is 46.9 Å². The molecule has 1 N–H and O–H groups in total. The number of carbonyl (C=O) groups excluding carboxylic acids is 2. The van der Waals surface area contributed by atoms with Crippen molar-refractivity contribution in [2.45, 2.75) is 24.7 Å². The number of hydrogen-bond donors (Lipinski definition) is 1. The predicted octanol–water partition coefficient (Wildman–Crippen LogP) is 6.50. The summed E-state index contributed by atoms with van der Waals surface area (Å²) >= 11 is 0. The highest BCUT2D eigenvalue weighted by Crippen LogP contribution is 2.33. The van der Waals surface area contributed by atoms with Gasteiger partial charge in [0.15, 0.2) is 0 Å². The van der Waals surface area contributed by atoms with Crippen molar-refractivity contribution in [3.8, 4) is 0 Å². The van der Waals surface area contributed by atoms with Crippen LogP contribution < -0.4 is 5.32 Å². The third-order valence-electron chi connectivity index (χ3n) is 7.66. The van der Waals surface area contributed by atoms with Crippen LogP contribution in [0.2, 0.25) is 0 Å². The molecule has 0 unspecified atom stereocenters. The number of imide groups is 1. The summed E-state index contributed by atoms with van der Waals surface area (Å²) in [5.41, 5.74) is 4.80. The summed E-state index contributed by atoms with van der Waals surface area (Å²) in [6.45, 7) is 1.03. The van der Waals surface area contributed by atoms with Crippen LogP contribution in [0.3, 0.4) is 0 Å². The molecule has 1 fully saturated rings. The van der Waals surface area contributed by atoms with Crippen molar-refractivity contribution < 1.29 is 14.1 Å². The van der Waals surface area contributed by atoms with Crippen molar-refractivity contribution in [3.05, 3.63) is 144 Å². The van der Waals surface area contributed by atoms with E-state index in [-0.39, 0.29) is 34.8 Å². The van der Waals surface area contributed by atoms with E-state index >= 15 is 0 Å². The number of nitrogens with zero attached hydrogens (tertiary/aromatic N) is 1. The number of quaternary nitrogens is 1. The van der Waals surface area contributed by atoms with Crippen molar-refractivity contribution in [1.82, 2.24) is 5.32 Å². The number of amides is 3. The van der Waals surface area contributed by atoms with Crippen LogP contribution in [0.5, 0.6) is 0 Å². The summed E-state index contributed by atoms with van der Waals surface area (Å²) in [5, 5.41) is 2.85. The molecule has 3 amide bonds. The second-order valence-corrected chi connectivity index (χ2v) is 9.79. The molecule has 1 heterocycles. The van der Waals surface area contributed by atoms with Crippen molar-refractivity contribution in [1.29, 1.82) is 0 Å². The van der Waals surface area contributed by atoms with E-state index in [1.807, 2.05) is 72.8 Å². The fourth-order valence-electron chi connectivity index (χ4n) is 5.62. The maximum atomic E-state index is 13.4. The first-order valence-electron chi connectivity index (χ1n) is 13.1. The summed E-state index contributed by atoms with van der Waals surface area (Å²) in [7, 11) is 0. The molecule has 4 aromatic carbocycles. The summed E-state index contributed by atoms with van der Waals surface area (Å²) in [6.07, 6.45) is 1.41. The predicted molar refractivity (Wildman–Crippen MR) is 147 cm³/mol. The molecule has 0 aliphatic carbocycles. The van der Waals surface area contributed by atoms with Crippen LogP contribution >= 0.6 is 0 Å². The van der Waals surface area contributed by atoms with Crippen LogP contribution in [0.15, 0.2) is 121 Å². The first-order valence-corrected chi connectivity index (χ1v) is 13.1. The molecule has 0 spiro atoms. The third-order valence-corrected chi connectivity index (χ3v) is 7.66. The van der Waals surface area contributed by atoms with E-state index in [0.29, 0.717) is 25.9 Å². The van der Waals surface area contributed by atoms with Crippen LogP contribution in [-0.4, -0.2) is 36.1 Å². The number of rotatable bonds is 10. The molecule has 1 aliphatic heterocycles. The fourth-order valence-corrected chi connectivity index (χ4v) is 5.62. The van der Waals surface area contributed by atoms with Gasteiger partial charge in [-0.25, -0.2) is 9.59 Å². The fraction of sp³-hybridized carbons (Fsp3) is 0.212. The number of urea groups is 1. The average Bonchev–Trinajstić information content (AvgIpc) is 3.24. The summed E-state index contributed by atoms with van der Waals surface area (Å²) in [5.74, 6) is 0.181. The van der Waals surface area contributed by atoms with Gasteiger partial charge in [0.25, 0.3) is 0 Å². The van der Waals surface area contributed by atoms with Crippen molar-refractivity contribution in [3.63, 3.8) is 0 Å². The number of benzene rings is 4. The second-order valence-electron chi connectivity index (χ2n) is 9.79. The zero-order chi connectivity index (χ0) is 25.5. The lowest BCUT2D eigenvalue weighted by atomic mass is 9.87. The minimum Gasteiger partial charge on any atom is -0.292 e. The third kappa shape index (κ3) is 5.40. The zero-order valence-electron chi connectivity index (χ0n) is 21.0. The molecule has 0 saturated carbocycles. The van der Waals surface area contributed by atoms with Crippen molar-refractivity contribution in [2.75, 3.05) is 19.6 Å². The highest BCUT2D eigenvalue weighted by molar-refractivity contribution is 5.92. The van der Waals surface area contributed by atoms with Gasteiger partial charge in [-0.2, -0.15) is 4.48 Å². The van der Waals surface area contributed by atoms with Gasteiger partial charge in [-0.15, -0.1) is 0 Å². The minimum atomic E-state index is -0.176. The molecule has 37 heavy (non-hydrogen) atoms. The Morgan fingerprint density at radius 1 is 0.541 bits per heavy atom. The Morgan fingerprint density at radius 3 is 1.14 bits per heavy atom. The Balaban J connectivity index is 1.43. The number of carbonyl (C=O) groups is 2. The summed E-state index contributed by atoms with van der Waals surface area (Å²) in [6, 6.07) is 41.4.